The van der Waals surface area contributed by atoms with Crippen molar-refractivity contribution in [2.75, 3.05) is 25.1 Å². The van der Waals surface area contributed by atoms with Gasteiger partial charge in [0.2, 0.25) is 0 Å². The minimum absolute atomic E-state index is 0.209. The van der Waals surface area contributed by atoms with Crippen molar-refractivity contribution in [3.63, 3.8) is 0 Å². The lowest BCUT2D eigenvalue weighted by molar-refractivity contribution is 0.596. The first-order chi connectivity index (χ1) is 6.97. The van der Waals surface area contributed by atoms with Crippen molar-refractivity contribution in [3.8, 4) is 0 Å². The molecular weight excluding hydrogens is 298 g/mol. The van der Waals surface area contributed by atoms with E-state index in [4.69, 9.17) is 0 Å². The average molecular weight is 312 g/mol. The van der Waals surface area contributed by atoms with Crippen LogP contribution in [0.4, 0.5) is 0 Å². The maximum Gasteiger partial charge on any atom is 0.148 e. The van der Waals surface area contributed by atoms with Gasteiger partial charge in [-0.05, 0) is 41.0 Å². The zero-order valence-electron chi connectivity index (χ0n) is 8.49. The van der Waals surface area contributed by atoms with Crippen molar-refractivity contribution in [2.45, 2.75) is 6.42 Å². The highest BCUT2D eigenvalue weighted by molar-refractivity contribution is 9.11. The van der Waals surface area contributed by atoms with Crippen LogP contribution in [0.15, 0.2) is 15.9 Å². The molecule has 1 rings (SSSR count). The Bertz CT molecular complexity index is 400. The molecule has 1 aromatic rings. The smallest absolute Gasteiger partial charge is 0.148 e. The summed E-state index contributed by atoms with van der Waals surface area (Å²) in [5, 5.41) is 3.11. The van der Waals surface area contributed by atoms with Gasteiger partial charge in [0.05, 0.1) is 9.54 Å². The fourth-order valence-corrected chi connectivity index (χ4v) is 3.08. The third-order valence-electron chi connectivity index (χ3n) is 1.83. The van der Waals surface area contributed by atoms with Crippen molar-refractivity contribution in [1.29, 1.82) is 0 Å². The van der Waals surface area contributed by atoms with E-state index in [9.17, 15) is 8.42 Å². The molecule has 0 fully saturated rings. The summed E-state index contributed by atoms with van der Waals surface area (Å²) in [5.74, 6) is 0.209. The van der Waals surface area contributed by atoms with Crippen molar-refractivity contribution >= 4 is 37.1 Å². The Morgan fingerprint density at radius 2 is 2.13 bits per heavy atom. The van der Waals surface area contributed by atoms with Crippen LogP contribution in [0, 0.1) is 0 Å². The highest BCUT2D eigenvalue weighted by Gasteiger charge is 2.01. The molecular formula is C9H14BrNO2S2. The van der Waals surface area contributed by atoms with Gasteiger partial charge < -0.3 is 5.32 Å². The minimum atomic E-state index is -2.83. The molecule has 0 amide bonds. The van der Waals surface area contributed by atoms with Gasteiger partial charge in [0, 0.05) is 17.7 Å². The van der Waals surface area contributed by atoms with Crippen LogP contribution in [-0.2, 0) is 16.3 Å². The number of thiophene rings is 1. The van der Waals surface area contributed by atoms with Crippen LogP contribution < -0.4 is 5.32 Å². The van der Waals surface area contributed by atoms with E-state index in [2.05, 4.69) is 27.3 Å². The van der Waals surface area contributed by atoms with Gasteiger partial charge in [-0.15, -0.1) is 11.3 Å². The number of halogens is 1. The molecule has 0 aliphatic rings. The summed E-state index contributed by atoms with van der Waals surface area (Å²) >= 11 is 5.11. The highest BCUT2D eigenvalue weighted by Crippen LogP contribution is 2.21. The molecule has 0 radical (unpaired) electrons. The first-order valence-corrected chi connectivity index (χ1v) is 8.27. The molecule has 1 heterocycles. The molecule has 0 aliphatic heterocycles. The van der Waals surface area contributed by atoms with Crippen LogP contribution in [0.3, 0.4) is 0 Å². The van der Waals surface area contributed by atoms with E-state index >= 15 is 0 Å². The molecule has 0 spiro atoms. The Hall–Kier alpha value is 0.0900. The molecule has 0 unspecified atom stereocenters. The van der Waals surface area contributed by atoms with Crippen LogP contribution in [0.1, 0.15) is 4.88 Å². The Morgan fingerprint density at radius 3 is 2.67 bits per heavy atom. The molecule has 0 atom stereocenters. The van der Waals surface area contributed by atoms with Gasteiger partial charge in [-0.1, -0.05) is 0 Å². The Labute approximate surface area is 103 Å². The standard InChI is InChI=1S/C9H14BrNO2S2/c1-15(12,13)7-6-11-5-4-8-2-3-9(10)14-8/h2-3,11H,4-7H2,1H3. The lowest BCUT2D eigenvalue weighted by atomic mass is 10.3. The molecule has 6 heteroatoms. The van der Waals surface area contributed by atoms with E-state index in [0.717, 1.165) is 16.8 Å². The SMILES string of the molecule is CS(=O)(=O)CCNCCc1ccc(Br)s1. The first kappa shape index (κ1) is 13.2. The van der Waals surface area contributed by atoms with Gasteiger partial charge in [0.25, 0.3) is 0 Å². The fourth-order valence-electron chi connectivity index (χ4n) is 1.08. The van der Waals surface area contributed by atoms with E-state index < -0.39 is 9.84 Å². The van der Waals surface area contributed by atoms with Gasteiger partial charge in [-0.3, -0.25) is 0 Å². The number of sulfone groups is 1. The molecule has 0 aliphatic carbocycles. The van der Waals surface area contributed by atoms with E-state index in [1.165, 1.54) is 11.1 Å². The number of nitrogens with one attached hydrogen (secondary N) is 1. The predicted molar refractivity (Wildman–Crippen MR) is 68.3 cm³/mol. The molecule has 0 saturated heterocycles. The Kier molecular flexibility index (Phi) is 5.25. The van der Waals surface area contributed by atoms with Gasteiger partial charge in [0.1, 0.15) is 9.84 Å². The van der Waals surface area contributed by atoms with E-state index in [1.807, 2.05) is 6.07 Å². The fraction of sp³-hybridized carbons (Fsp3) is 0.556. The van der Waals surface area contributed by atoms with Gasteiger partial charge in [-0.2, -0.15) is 0 Å². The molecule has 15 heavy (non-hydrogen) atoms. The second-order valence-electron chi connectivity index (χ2n) is 3.34. The minimum Gasteiger partial charge on any atom is -0.315 e. The summed E-state index contributed by atoms with van der Waals surface area (Å²) in [6.45, 7) is 1.36. The number of rotatable bonds is 6. The van der Waals surface area contributed by atoms with Crippen LogP contribution in [0.5, 0.6) is 0 Å². The Balaban J connectivity index is 2.12. The molecule has 0 bridgehead atoms. The summed E-state index contributed by atoms with van der Waals surface area (Å²) in [4.78, 5) is 1.30. The van der Waals surface area contributed by atoms with Crippen LogP contribution in [0.25, 0.3) is 0 Å². The Morgan fingerprint density at radius 1 is 1.40 bits per heavy atom. The van der Waals surface area contributed by atoms with E-state index in [0.29, 0.717) is 6.54 Å². The molecule has 3 nitrogen and oxygen atoms in total. The first-order valence-electron chi connectivity index (χ1n) is 4.60. The number of hydrogen-bond acceptors (Lipinski definition) is 4. The zero-order chi connectivity index (χ0) is 11.3. The van der Waals surface area contributed by atoms with Gasteiger partial charge in [0.15, 0.2) is 0 Å². The zero-order valence-corrected chi connectivity index (χ0v) is 11.7. The third kappa shape index (κ3) is 6.29. The summed E-state index contributed by atoms with van der Waals surface area (Å²) in [6.07, 6.45) is 2.20. The van der Waals surface area contributed by atoms with Crippen molar-refractivity contribution < 1.29 is 8.42 Å². The van der Waals surface area contributed by atoms with Gasteiger partial charge >= 0.3 is 0 Å². The molecule has 1 N–H and O–H groups in total. The molecule has 1 aromatic heterocycles. The normalized spacial score (nSPS) is 11.9. The highest BCUT2D eigenvalue weighted by atomic mass is 79.9. The lowest BCUT2D eigenvalue weighted by Gasteiger charge is -2.01. The summed E-state index contributed by atoms with van der Waals surface area (Å²) in [5.41, 5.74) is 0. The van der Waals surface area contributed by atoms with Crippen LogP contribution in [-0.4, -0.2) is 33.5 Å². The largest absolute Gasteiger partial charge is 0.315 e. The maximum atomic E-state index is 10.8. The van der Waals surface area contributed by atoms with Gasteiger partial charge in [-0.25, -0.2) is 8.42 Å². The predicted octanol–water partition coefficient (Wildman–Crippen LogP) is 1.69. The average Bonchev–Trinajstić information content (AvgIpc) is 2.49. The lowest BCUT2D eigenvalue weighted by Crippen LogP contribution is -2.24. The summed E-state index contributed by atoms with van der Waals surface area (Å²) < 4.78 is 22.8. The molecule has 0 aromatic carbocycles. The van der Waals surface area contributed by atoms with Crippen LogP contribution >= 0.6 is 27.3 Å². The second-order valence-corrected chi connectivity index (χ2v) is 8.14. The maximum absolute atomic E-state index is 10.8. The topological polar surface area (TPSA) is 46.2 Å². The van der Waals surface area contributed by atoms with Crippen molar-refractivity contribution in [3.05, 3.63) is 20.8 Å². The van der Waals surface area contributed by atoms with E-state index in [-0.39, 0.29) is 5.75 Å². The quantitative estimate of drug-likeness (QED) is 0.813. The van der Waals surface area contributed by atoms with Crippen molar-refractivity contribution in [1.82, 2.24) is 5.32 Å². The summed E-state index contributed by atoms with van der Waals surface area (Å²) in [6, 6.07) is 4.10. The van der Waals surface area contributed by atoms with E-state index in [1.54, 1.807) is 11.3 Å². The second kappa shape index (κ2) is 5.98. The molecule has 86 valence electrons. The van der Waals surface area contributed by atoms with Crippen molar-refractivity contribution in [2.24, 2.45) is 0 Å². The summed E-state index contributed by atoms with van der Waals surface area (Å²) in [7, 11) is -2.83. The molecule has 0 saturated carbocycles. The monoisotopic (exact) mass is 311 g/mol. The van der Waals surface area contributed by atoms with Crippen LogP contribution in [0.2, 0.25) is 0 Å². The number of hydrogen-bond donors (Lipinski definition) is 1. The third-order valence-corrected chi connectivity index (χ3v) is 4.46.